The van der Waals surface area contributed by atoms with Gasteiger partial charge in [-0.1, -0.05) is 72.8 Å². The zero-order valence-corrected chi connectivity index (χ0v) is 17.1. The quantitative estimate of drug-likeness (QED) is 0.298. The van der Waals surface area contributed by atoms with E-state index in [-0.39, 0.29) is 11.6 Å². The molecule has 1 heterocycles. The number of ketones is 1. The normalized spacial score (nSPS) is 11.4. The summed E-state index contributed by atoms with van der Waals surface area (Å²) >= 11 is 0. The summed E-state index contributed by atoms with van der Waals surface area (Å²) in [7, 11) is 0. The highest BCUT2D eigenvalue weighted by Crippen LogP contribution is 2.43. The number of halogens is 1. The van der Waals surface area contributed by atoms with Gasteiger partial charge < -0.3 is 4.98 Å². The third-order valence-electron chi connectivity index (χ3n) is 6.07. The van der Waals surface area contributed by atoms with Crippen LogP contribution in [0.15, 0.2) is 103 Å². The van der Waals surface area contributed by atoms with E-state index < -0.39 is 0 Å². The number of aromatic amines is 1. The third kappa shape index (κ3) is 2.75. The summed E-state index contributed by atoms with van der Waals surface area (Å²) in [4.78, 5) is 17.3. The number of hydrogen-bond acceptors (Lipinski definition) is 1. The van der Waals surface area contributed by atoms with Gasteiger partial charge in [0.1, 0.15) is 5.82 Å². The van der Waals surface area contributed by atoms with Crippen molar-refractivity contribution in [3.8, 4) is 11.1 Å². The molecule has 0 saturated carbocycles. The molecule has 3 heteroatoms. The molecular weight excluding hydrogens is 397 g/mol. The number of H-pyrrole nitrogens is 1. The maximum atomic E-state index is 13.8. The first kappa shape index (κ1) is 18.5. The summed E-state index contributed by atoms with van der Waals surface area (Å²) < 4.78 is 13.5. The lowest BCUT2D eigenvalue weighted by atomic mass is 9.88. The van der Waals surface area contributed by atoms with Gasteiger partial charge in [0.15, 0.2) is 5.78 Å². The van der Waals surface area contributed by atoms with E-state index in [1.165, 1.54) is 12.1 Å². The van der Waals surface area contributed by atoms with Gasteiger partial charge in [0.05, 0.1) is 11.1 Å². The minimum absolute atomic E-state index is 0.127. The van der Waals surface area contributed by atoms with E-state index in [1.54, 1.807) is 12.1 Å². The van der Waals surface area contributed by atoms with Gasteiger partial charge in [-0.2, -0.15) is 0 Å². The molecule has 6 aromatic rings. The standard InChI is InChI=1S/C29H18FNO/c30-20-16-14-19(15-17-20)29(32)27-22-11-5-4-10-21(22)25(18-8-2-1-3-9-18)26-23-12-6-7-13-24(23)31-28(26)27/h1-17,31H. The van der Waals surface area contributed by atoms with Crippen molar-refractivity contribution in [3.63, 3.8) is 0 Å². The molecule has 5 aromatic carbocycles. The molecule has 0 aliphatic heterocycles. The zero-order valence-electron chi connectivity index (χ0n) is 17.1. The van der Waals surface area contributed by atoms with Crippen LogP contribution in [0, 0.1) is 5.82 Å². The SMILES string of the molecule is O=C(c1ccc(F)cc1)c1c2ccccc2c(-c2ccccc2)c2c1[nH]c1ccccc12. The van der Waals surface area contributed by atoms with E-state index in [2.05, 4.69) is 29.2 Å². The fourth-order valence-electron chi connectivity index (χ4n) is 4.66. The van der Waals surface area contributed by atoms with Crippen molar-refractivity contribution in [1.82, 2.24) is 4.98 Å². The van der Waals surface area contributed by atoms with Crippen LogP contribution in [-0.2, 0) is 0 Å². The van der Waals surface area contributed by atoms with Crippen molar-refractivity contribution >= 4 is 38.4 Å². The van der Waals surface area contributed by atoms with Crippen molar-refractivity contribution < 1.29 is 9.18 Å². The van der Waals surface area contributed by atoms with Gasteiger partial charge in [-0.05, 0) is 52.2 Å². The molecule has 152 valence electrons. The lowest BCUT2D eigenvalue weighted by Crippen LogP contribution is -2.04. The number of carbonyl (C=O) groups is 1. The Morgan fingerprint density at radius 3 is 2.03 bits per heavy atom. The van der Waals surface area contributed by atoms with Crippen LogP contribution in [-0.4, -0.2) is 10.8 Å². The van der Waals surface area contributed by atoms with Crippen LogP contribution in [0.1, 0.15) is 15.9 Å². The monoisotopic (exact) mass is 415 g/mol. The molecule has 6 rings (SSSR count). The van der Waals surface area contributed by atoms with Crippen molar-refractivity contribution in [2.24, 2.45) is 0 Å². The van der Waals surface area contributed by atoms with Crippen LogP contribution < -0.4 is 0 Å². The number of nitrogens with one attached hydrogen (secondary N) is 1. The van der Waals surface area contributed by atoms with Gasteiger partial charge in [-0.15, -0.1) is 0 Å². The molecule has 1 N–H and O–H groups in total. The molecule has 0 radical (unpaired) electrons. The van der Waals surface area contributed by atoms with Gasteiger partial charge in [-0.3, -0.25) is 4.79 Å². The fraction of sp³-hybridized carbons (Fsp3) is 0. The van der Waals surface area contributed by atoms with E-state index >= 15 is 0 Å². The highest BCUT2D eigenvalue weighted by molar-refractivity contribution is 6.32. The van der Waals surface area contributed by atoms with Crippen LogP contribution in [0.2, 0.25) is 0 Å². The highest BCUT2D eigenvalue weighted by Gasteiger charge is 2.23. The molecule has 1 aromatic heterocycles. The van der Waals surface area contributed by atoms with E-state index in [9.17, 15) is 9.18 Å². The Balaban J connectivity index is 1.82. The molecule has 0 unspecified atom stereocenters. The van der Waals surface area contributed by atoms with Gasteiger partial charge in [-0.25, -0.2) is 4.39 Å². The average molecular weight is 415 g/mol. The molecule has 0 aliphatic carbocycles. The summed E-state index contributed by atoms with van der Waals surface area (Å²) in [6.07, 6.45) is 0. The number of rotatable bonds is 3. The Hall–Kier alpha value is -4.24. The summed E-state index contributed by atoms with van der Waals surface area (Å²) in [5.41, 5.74) is 5.05. The second kappa shape index (κ2) is 7.17. The molecule has 0 atom stereocenters. The second-order valence-corrected chi connectivity index (χ2v) is 7.92. The number of benzene rings is 5. The number of aromatic nitrogens is 1. The number of para-hydroxylation sites is 1. The predicted octanol–water partition coefficient (Wildman–Crippen LogP) is 7.51. The Kier molecular flexibility index (Phi) is 4.15. The van der Waals surface area contributed by atoms with Crippen LogP contribution in [0.3, 0.4) is 0 Å². The summed E-state index contributed by atoms with van der Waals surface area (Å²) in [6.45, 7) is 0. The maximum Gasteiger partial charge on any atom is 0.195 e. The molecule has 0 amide bonds. The molecule has 0 saturated heterocycles. The number of fused-ring (bicyclic) bond motifs is 4. The molecular formula is C29H18FNO. The largest absolute Gasteiger partial charge is 0.354 e. The van der Waals surface area contributed by atoms with E-state index in [0.29, 0.717) is 11.1 Å². The number of carbonyl (C=O) groups excluding carboxylic acids is 1. The first-order valence-electron chi connectivity index (χ1n) is 10.5. The summed E-state index contributed by atoms with van der Waals surface area (Å²) in [5, 5.41) is 3.98. The first-order chi connectivity index (χ1) is 15.7. The van der Waals surface area contributed by atoms with E-state index in [4.69, 9.17) is 0 Å². The molecule has 2 nitrogen and oxygen atoms in total. The third-order valence-corrected chi connectivity index (χ3v) is 6.07. The first-order valence-corrected chi connectivity index (χ1v) is 10.5. The molecule has 0 aliphatic rings. The fourth-order valence-corrected chi connectivity index (χ4v) is 4.66. The van der Waals surface area contributed by atoms with Gasteiger partial charge in [0.25, 0.3) is 0 Å². The predicted molar refractivity (Wildman–Crippen MR) is 129 cm³/mol. The Bertz CT molecular complexity index is 1630. The van der Waals surface area contributed by atoms with Crippen molar-refractivity contribution in [3.05, 3.63) is 120 Å². The minimum atomic E-state index is -0.360. The molecule has 0 spiro atoms. The number of hydrogen-bond donors (Lipinski definition) is 1. The Morgan fingerprint density at radius 2 is 1.28 bits per heavy atom. The molecule has 32 heavy (non-hydrogen) atoms. The average Bonchev–Trinajstić information content (AvgIpc) is 3.22. The van der Waals surface area contributed by atoms with Crippen molar-refractivity contribution in [2.45, 2.75) is 0 Å². The van der Waals surface area contributed by atoms with Crippen LogP contribution in [0.5, 0.6) is 0 Å². The van der Waals surface area contributed by atoms with Crippen molar-refractivity contribution in [1.29, 1.82) is 0 Å². The lowest BCUT2D eigenvalue weighted by Gasteiger charge is -2.15. The maximum absolute atomic E-state index is 13.8. The van der Waals surface area contributed by atoms with Crippen molar-refractivity contribution in [2.75, 3.05) is 0 Å². The van der Waals surface area contributed by atoms with E-state index in [0.717, 1.165) is 43.7 Å². The zero-order chi connectivity index (χ0) is 21.7. The smallest absolute Gasteiger partial charge is 0.195 e. The summed E-state index contributed by atoms with van der Waals surface area (Å²) in [6, 6.07) is 32.2. The Morgan fingerprint density at radius 1 is 0.656 bits per heavy atom. The van der Waals surface area contributed by atoms with Gasteiger partial charge in [0, 0.05) is 21.9 Å². The van der Waals surface area contributed by atoms with Crippen LogP contribution >= 0.6 is 0 Å². The minimum Gasteiger partial charge on any atom is -0.354 e. The molecule has 0 fully saturated rings. The van der Waals surface area contributed by atoms with Crippen LogP contribution in [0.4, 0.5) is 4.39 Å². The van der Waals surface area contributed by atoms with Crippen LogP contribution in [0.25, 0.3) is 43.7 Å². The lowest BCUT2D eigenvalue weighted by molar-refractivity contribution is 0.104. The van der Waals surface area contributed by atoms with Gasteiger partial charge >= 0.3 is 0 Å². The molecule has 0 bridgehead atoms. The van der Waals surface area contributed by atoms with E-state index in [1.807, 2.05) is 54.6 Å². The second-order valence-electron chi connectivity index (χ2n) is 7.92. The summed E-state index contributed by atoms with van der Waals surface area (Å²) in [5.74, 6) is -0.487. The Labute approximate surface area is 183 Å². The topological polar surface area (TPSA) is 32.9 Å². The highest BCUT2D eigenvalue weighted by atomic mass is 19.1. The van der Waals surface area contributed by atoms with Gasteiger partial charge in [0.2, 0.25) is 0 Å².